The van der Waals surface area contributed by atoms with E-state index in [2.05, 4.69) is 16.6 Å². The molecule has 6 heteroatoms. The molecular weight excluding hydrogens is 370 g/mol. The number of thiazole rings is 1. The fourth-order valence-corrected chi connectivity index (χ4v) is 4.13. The first-order valence-corrected chi connectivity index (χ1v) is 10.4. The Bertz CT molecular complexity index is 1130. The van der Waals surface area contributed by atoms with Gasteiger partial charge in [0.2, 0.25) is 0 Å². The third kappa shape index (κ3) is 3.47. The van der Waals surface area contributed by atoms with Gasteiger partial charge < -0.3 is 10.1 Å². The molecule has 0 aliphatic carbocycles. The van der Waals surface area contributed by atoms with Gasteiger partial charge in [0, 0.05) is 23.4 Å². The highest BCUT2D eigenvalue weighted by molar-refractivity contribution is 7.23. The molecule has 0 saturated carbocycles. The molecule has 5 nitrogen and oxygen atoms in total. The number of benzene rings is 2. The summed E-state index contributed by atoms with van der Waals surface area (Å²) in [6, 6.07) is 14.0. The van der Waals surface area contributed by atoms with Crippen molar-refractivity contribution < 1.29 is 9.53 Å². The molecule has 1 unspecified atom stereocenters. The van der Waals surface area contributed by atoms with Gasteiger partial charge in [0.25, 0.3) is 5.91 Å². The molecule has 0 bridgehead atoms. The molecule has 2 aromatic carbocycles. The van der Waals surface area contributed by atoms with E-state index >= 15 is 0 Å². The predicted molar refractivity (Wildman–Crippen MR) is 114 cm³/mol. The van der Waals surface area contributed by atoms with Crippen LogP contribution in [0.4, 0.5) is 0 Å². The molecule has 4 aromatic rings. The number of carbonyl (C=O) groups is 1. The van der Waals surface area contributed by atoms with Crippen LogP contribution in [-0.2, 0) is 0 Å². The van der Waals surface area contributed by atoms with E-state index in [-0.39, 0.29) is 11.9 Å². The lowest BCUT2D eigenvalue weighted by Gasteiger charge is -2.11. The molecule has 1 amide bonds. The predicted octanol–water partition coefficient (Wildman–Crippen LogP) is 5.14. The lowest BCUT2D eigenvalue weighted by molar-refractivity contribution is 0.0939. The maximum atomic E-state index is 12.4. The summed E-state index contributed by atoms with van der Waals surface area (Å²) in [7, 11) is 0. The minimum absolute atomic E-state index is 0.0302. The SMILES string of the molecule is CCOc1ccc(-c2cn3c(n2)sc2cc(C(=O)NC(C)CC)ccc23)cc1. The van der Waals surface area contributed by atoms with Crippen LogP contribution in [0.2, 0.25) is 0 Å². The van der Waals surface area contributed by atoms with Crippen molar-refractivity contribution in [2.75, 3.05) is 6.61 Å². The number of imidazole rings is 1. The number of carbonyl (C=O) groups excluding carboxylic acids is 1. The van der Waals surface area contributed by atoms with Crippen molar-refractivity contribution in [2.24, 2.45) is 0 Å². The average Bonchev–Trinajstić information content (AvgIpc) is 3.26. The smallest absolute Gasteiger partial charge is 0.251 e. The van der Waals surface area contributed by atoms with Crippen molar-refractivity contribution in [3.8, 4) is 17.0 Å². The third-order valence-corrected chi connectivity index (χ3v) is 5.82. The summed E-state index contributed by atoms with van der Waals surface area (Å²) in [4.78, 5) is 18.1. The lowest BCUT2D eigenvalue weighted by Crippen LogP contribution is -2.31. The molecule has 0 aliphatic heterocycles. The van der Waals surface area contributed by atoms with E-state index in [9.17, 15) is 4.79 Å². The van der Waals surface area contributed by atoms with Gasteiger partial charge in [-0.1, -0.05) is 18.3 Å². The number of fused-ring (bicyclic) bond motifs is 3. The minimum atomic E-state index is -0.0302. The quantitative estimate of drug-likeness (QED) is 0.493. The summed E-state index contributed by atoms with van der Waals surface area (Å²) in [6.07, 6.45) is 2.96. The summed E-state index contributed by atoms with van der Waals surface area (Å²) in [5, 5.41) is 3.02. The highest BCUT2D eigenvalue weighted by Gasteiger charge is 2.14. The van der Waals surface area contributed by atoms with Gasteiger partial charge in [0.05, 0.1) is 22.5 Å². The number of aromatic nitrogens is 2. The third-order valence-electron chi connectivity index (χ3n) is 4.81. The standard InChI is InChI=1S/C22H23N3O2S/c1-4-14(3)23-21(26)16-8-11-19-20(12-16)28-22-24-18(13-25(19)22)15-6-9-17(10-7-15)27-5-2/h6-14H,4-5H2,1-3H3,(H,23,26). The summed E-state index contributed by atoms with van der Waals surface area (Å²) >= 11 is 1.59. The van der Waals surface area contributed by atoms with Crippen LogP contribution in [0.5, 0.6) is 5.75 Å². The van der Waals surface area contributed by atoms with Gasteiger partial charge in [0.15, 0.2) is 4.96 Å². The zero-order valence-corrected chi connectivity index (χ0v) is 17.0. The highest BCUT2D eigenvalue weighted by atomic mass is 32.1. The van der Waals surface area contributed by atoms with Gasteiger partial charge in [-0.05, 0) is 62.7 Å². The van der Waals surface area contributed by atoms with Gasteiger partial charge >= 0.3 is 0 Å². The molecule has 0 fully saturated rings. The number of amides is 1. The van der Waals surface area contributed by atoms with Gasteiger partial charge in [-0.3, -0.25) is 9.20 Å². The molecule has 4 rings (SSSR count). The number of rotatable bonds is 6. The first-order valence-electron chi connectivity index (χ1n) is 9.54. The van der Waals surface area contributed by atoms with Crippen LogP contribution in [0.25, 0.3) is 26.4 Å². The topological polar surface area (TPSA) is 55.6 Å². The van der Waals surface area contributed by atoms with E-state index in [1.807, 2.05) is 62.5 Å². The molecular formula is C22H23N3O2S. The monoisotopic (exact) mass is 393 g/mol. The highest BCUT2D eigenvalue weighted by Crippen LogP contribution is 2.30. The second kappa shape index (κ2) is 7.64. The van der Waals surface area contributed by atoms with E-state index < -0.39 is 0 Å². The zero-order valence-electron chi connectivity index (χ0n) is 16.2. The van der Waals surface area contributed by atoms with E-state index in [4.69, 9.17) is 9.72 Å². The van der Waals surface area contributed by atoms with Gasteiger partial charge in [-0.15, -0.1) is 0 Å². The van der Waals surface area contributed by atoms with Crippen molar-refractivity contribution in [3.63, 3.8) is 0 Å². The minimum Gasteiger partial charge on any atom is -0.494 e. The van der Waals surface area contributed by atoms with Gasteiger partial charge in [0.1, 0.15) is 5.75 Å². The van der Waals surface area contributed by atoms with Crippen molar-refractivity contribution >= 4 is 32.4 Å². The van der Waals surface area contributed by atoms with Crippen molar-refractivity contribution in [1.82, 2.24) is 14.7 Å². The van der Waals surface area contributed by atoms with Gasteiger partial charge in [-0.25, -0.2) is 4.98 Å². The molecule has 1 N–H and O–H groups in total. The summed E-state index contributed by atoms with van der Waals surface area (Å²) in [5.74, 6) is 0.832. The van der Waals surface area contributed by atoms with Crippen LogP contribution in [-0.4, -0.2) is 27.9 Å². The number of ether oxygens (including phenoxy) is 1. The summed E-state index contributed by atoms with van der Waals surface area (Å²) < 4.78 is 8.64. The van der Waals surface area contributed by atoms with E-state index in [1.54, 1.807) is 11.3 Å². The molecule has 0 radical (unpaired) electrons. The zero-order chi connectivity index (χ0) is 19.7. The van der Waals surface area contributed by atoms with Crippen LogP contribution < -0.4 is 10.1 Å². The Morgan fingerprint density at radius 1 is 1.21 bits per heavy atom. The van der Waals surface area contributed by atoms with Crippen LogP contribution in [0.3, 0.4) is 0 Å². The van der Waals surface area contributed by atoms with E-state index in [1.165, 1.54) is 0 Å². The Labute approximate surface area is 168 Å². The second-order valence-corrected chi connectivity index (χ2v) is 7.81. The fourth-order valence-electron chi connectivity index (χ4n) is 3.08. The molecule has 0 aliphatic rings. The second-order valence-electron chi connectivity index (χ2n) is 6.80. The molecule has 0 spiro atoms. The molecule has 2 aromatic heterocycles. The molecule has 0 saturated heterocycles. The molecule has 2 heterocycles. The van der Waals surface area contributed by atoms with Gasteiger partial charge in [-0.2, -0.15) is 0 Å². The summed E-state index contributed by atoms with van der Waals surface area (Å²) in [6.45, 7) is 6.70. The number of nitrogens with one attached hydrogen (secondary N) is 1. The Hall–Kier alpha value is -2.86. The Kier molecular flexibility index (Phi) is 5.05. The number of hydrogen-bond donors (Lipinski definition) is 1. The van der Waals surface area contributed by atoms with E-state index in [0.717, 1.165) is 38.6 Å². The Morgan fingerprint density at radius 3 is 2.71 bits per heavy atom. The first-order chi connectivity index (χ1) is 13.6. The normalized spacial score (nSPS) is 12.4. The maximum absolute atomic E-state index is 12.4. The molecule has 144 valence electrons. The molecule has 1 atom stereocenters. The Balaban J connectivity index is 1.65. The number of nitrogens with zero attached hydrogens (tertiary/aromatic N) is 2. The van der Waals surface area contributed by atoms with Crippen molar-refractivity contribution in [2.45, 2.75) is 33.2 Å². The molecule has 28 heavy (non-hydrogen) atoms. The van der Waals surface area contributed by atoms with Crippen LogP contribution in [0, 0.1) is 0 Å². The maximum Gasteiger partial charge on any atom is 0.251 e. The average molecular weight is 394 g/mol. The fraction of sp³-hybridized carbons (Fsp3) is 0.273. The van der Waals surface area contributed by atoms with Crippen LogP contribution >= 0.6 is 11.3 Å². The van der Waals surface area contributed by atoms with Crippen molar-refractivity contribution in [1.29, 1.82) is 0 Å². The van der Waals surface area contributed by atoms with Crippen molar-refractivity contribution in [3.05, 3.63) is 54.2 Å². The Morgan fingerprint density at radius 2 is 2.00 bits per heavy atom. The van der Waals surface area contributed by atoms with Crippen LogP contribution in [0.1, 0.15) is 37.6 Å². The lowest BCUT2D eigenvalue weighted by atomic mass is 10.1. The largest absolute Gasteiger partial charge is 0.494 e. The van der Waals surface area contributed by atoms with Crippen LogP contribution in [0.15, 0.2) is 48.7 Å². The number of hydrogen-bond acceptors (Lipinski definition) is 4. The summed E-state index contributed by atoms with van der Waals surface area (Å²) in [5.41, 5.74) is 3.72. The first kappa shape index (κ1) is 18.5. The van der Waals surface area contributed by atoms with E-state index in [0.29, 0.717) is 12.2 Å².